The monoisotopic (exact) mass is 611 g/mol. The van der Waals surface area contributed by atoms with Gasteiger partial charge >= 0.3 is 0 Å². The third kappa shape index (κ3) is 4.12. The fourth-order valence-electron chi connectivity index (χ4n) is 12.3. The van der Waals surface area contributed by atoms with Gasteiger partial charge in [0.25, 0.3) is 10.0 Å². The maximum Gasteiger partial charge on any atom is 0.252 e. The Morgan fingerprint density at radius 3 is 2.29 bits per heavy atom. The Morgan fingerprint density at radius 2 is 1.62 bits per heavy atom. The first-order chi connectivity index (χ1) is 19.9. The number of rotatable bonds is 6. The molecule has 5 nitrogen and oxygen atoms in total. The minimum absolute atomic E-state index is 0.0687. The van der Waals surface area contributed by atoms with Gasteiger partial charge in [0, 0.05) is 18.5 Å². The Bertz CT molecular complexity index is 1380. The van der Waals surface area contributed by atoms with E-state index in [1.165, 1.54) is 41.7 Å². The molecule has 7 saturated carbocycles. The summed E-state index contributed by atoms with van der Waals surface area (Å²) in [6, 6.07) is 3.59. The van der Waals surface area contributed by atoms with Crippen LogP contribution in [0.2, 0.25) is 0 Å². The highest BCUT2D eigenvalue weighted by Crippen LogP contribution is 2.66. The number of aliphatic hydroxyl groups is 2. The first-order valence-electron chi connectivity index (χ1n) is 16.8. The summed E-state index contributed by atoms with van der Waals surface area (Å²) in [5, 5.41) is 25.0. The van der Waals surface area contributed by atoms with Crippen LogP contribution in [0.3, 0.4) is 0 Å². The second-order valence-electron chi connectivity index (χ2n) is 16.4. The normalized spacial score (nSPS) is 47.5. The van der Waals surface area contributed by atoms with E-state index in [1.807, 2.05) is 11.4 Å². The number of hydrogen-bond acceptors (Lipinski definition) is 5. The molecule has 0 aliphatic heterocycles. The minimum atomic E-state index is -3.70. The Balaban J connectivity index is 1.12. The van der Waals surface area contributed by atoms with Gasteiger partial charge in [-0.25, -0.2) is 8.42 Å². The van der Waals surface area contributed by atoms with E-state index in [0.29, 0.717) is 23.1 Å². The molecule has 1 aromatic rings. The van der Waals surface area contributed by atoms with Crippen LogP contribution in [0.4, 0.5) is 0 Å². The van der Waals surface area contributed by atoms with Crippen LogP contribution in [0.5, 0.6) is 0 Å². The van der Waals surface area contributed by atoms with E-state index in [2.05, 4.69) is 26.0 Å². The Morgan fingerprint density at radius 1 is 0.929 bits per heavy atom. The summed E-state index contributed by atoms with van der Waals surface area (Å²) in [5.74, 6) is 3.00. The number of sulfonamides is 1. The highest BCUT2D eigenvalue weighted by Gasteiger charge is 2.63. The van der Waals surface area contributed by atoms with Gasteiger partial charge in [-0.2, -0.15) is 4.31 Å². The quantitative estimate of drug-likeness (QED) is 0.366. The number of aliphatic hydroxyl groups excluding tert-OH is 1. The van der Waals surface area contributed by atoms with Crippen LogP contribution >= 0.6 is 11.3 Å². The summed E-state index contributed by atoms with van der Waals surface area (Å²) in [6.07, 6.45) is 18.1. The second-order valence-corrected chi connectivity index (χ2v) is 19.5. The second kappa shape index (κ2) is 9.51. The maximum atomic E-state index is 14.4. The molecule has 1 heterocycles. The van der Waals surface area contributed by atoms with Crippen LogP contribution in [0.1, 0.15) is 97.3 Å². The van der Waals surface area contributed by atoms with Gasteiger partial charge in [0.15, 0.2) is 0 Å². The molecule has 0 aromatic carbocycles. The molecule has 9 rings (SSSR count). The Hall–Kier alpha value is -0.990. The zero-order chi connectivity index (χ0) is 29.1. The average Bonchev–Trinajstić information content (AvgIpc) is 3.56. The third-order valence-electron chi connectivity index (χ3n) is 14.1. The predicted molar refractivity (Wildman–Crippen MR) is 166 cm³/mol. The smallest absolute Gasteiger partial charge is 0.252 e. The lowest BCUT2D eigenvalue weighted by Crippen LogP contribution is -2.59. The van der Waals surface area contributed by atoms with Crippen molar-refractivity contribution in [3.63, 3.8) is 0 Å². The van der Waals surface area contributed by atoms with Gasteiger partial charge in [-0.05, 0) is 135 Å². The molecule has 8 aliphatic rings. The van der Waals surface area contributed by atoms with Gasteiger partial charge in [0.2, 0.25) is 0 Å². The van der Waals surface area contributed by atoms with Gasteiger partial charge in [0.05, 0.1) is 11.7 Å². The van der Waals surface area contributed by atoms with Crippen molar-refractivity contribution in [1.29, 1.82) is 0 Å². The van der Waals surface area contributed by atoms with Crippen molar-refractivity contribution in [1.82, 2.24) is 4.31 Å². The summed E-state index contributed by atoms with van der Waals surface area (Å²) in [7, 11) is -3.70. The number of thiophene rings is 1. The minimum Gasteiger partial charge on any atom is -0.393 e. The Kier molecular flexibility index (Phi) is 6.45. The van der Waals surface area contributed by atoms with Gasteiger partial charge in [-0.15, -0.1) is 11.3 Å². The number of hydrogen-bond donors (Lipinski definition) is 2. The van der Waals surface area contributed by atoms with Crippen molar-refractivity contribution in [2.24, 2.45) is 45.8 Å². The maximum absolute atomic E-state index is 14.4. The van der Waals surface area contributed by atoms with E-state index < -0.39 is 15.6 Å². The number of nitrogens with zero attached hydrogens (tertiary/aromatic N) is 1. The summed E-state index contributed by atoms with van der Waals surface area (Å²) in [5.41, 5.74) is 1.64. The molecule has 0 radical (unpaired) electrons. The molecule has 0 amide bonds. The zero-order valence-electron chi connectivity index (χ0n) is 25.4. The molecule has 7 heteroatoms. The molecule has 8 aliphatic carbocycles. The number of allylic oxidation sites excluding steroid dienone is 3. The van der Waals surface area contributed by atoms with Crippen LogP contribution in [-0.2, 0) is 10.0 Å². The van der Waals surface area contributed by atoms with Crippen LogP contribution < -0.4 is 0 Å². The lowest BCUT2D eigenvalue weighted by atomic mass is 9.49. The first-order valence-corrected chi connectivity index (χ1v) is 19.1. The van der Waals surface area contributed by atoms with Crippen LogP contribution in [0.25, 0.3) is 0 Å². The lowest BCUT2D eigenvalue weighted by Gasteiger charge is -2.58. The van der Waals surface area contributed by atoms with Crippen LogP contribution in [0.15, 0.2) is 45.0 Å². The highest BCUT2D eigenvalue weighted by molar-refractivity contribution is 7.91. The molecule has 6 atom stereocenters. The standard InChI is InChI=1S/C35H49NO4S2/c1-32-10-7-27(37)17-26(32)5-6-28-29(32)8-11-33(2)30(28)9-12-35(33,38)22-36(42(39,40)31-4-3-13-41-31)21-34-18-23-14-24(19-34)16-25(15-23)20-34/h3-6,13,23-25,27,29-30,37-38H,7-12,14-22H2,1-2H3. The van der Waals surface area contributed by atoms with Crippen molar-refractivity contribution in [2.45, 2.75) is 113 Å². The lowest BCUT2D eigenvalue weighted by molar-refractivity contribution is -0.105. The van der Waals surface area contributed by atoms with E-state index in [4.69, 9.17) is 0 Å². The summed E-state index contributed by atoms with van der Waals surface area (Å²) in [4.78, 5) is 0. The molecule has 6 unspecified atom stereocenters. The van der Waals surface area contributed by atoms with Crippen molar-refractivity contribution >= 4 is 21.4 Å². The molecule has 0 spiro atoms. The van der Waals surface area contributed by atoms with Crippen LogP contribution in [0, 0.1) is 45.8 Å². The molecule has 0 saturated heterocycles. The molecule has 1 aromatic heterocycles. The summed E-state index contributed by atoms with van der Waals surface area (Å²) >= 11 is 1.31. The van der Waals surface area contributed by atoms with Gasteiger partial charge < -0.3 is 10.2 Å². The number of fused-ring (bicyclic) bond motifs is 5. The molecule has 4 bridgehead atoms. The van der Waals surface area contributed by atoms with Crippen molar-refractivity contribution < 1.29 is 18.6 Å². The topological polar surface area (TPSA) is 77.8 Å². The van der Waals surface area contributed by atoms with E-state index in [-0.39, 0.29) is 34.8 Å². The molecular formula is C35H49NO4S2. The van der Waals surface area contributed by atoms with Gasteiger partial charge in [-0.3, -0.25) is 0 Å². The summed E-state index contributed by atoms with van der Waals surface area (Å²) < 4.78 is 30.9. The van der Waals surface area contributed by atoms with E-state index in [1.54, 1.807) is 10.4 Å². The van der Waals surface area contributed by atoms with E-state index in [0.717, 1.165) is 75.5 Å². The summed E-state index contributed by atoms with van der Waals surface area (Å²) in [6.45, 7) is 5.46. The molecular weight excluding hydrogens is 563 g/mol. The van der Waals surface area contributed by atoms with E-state index >= 15 is 0 Å². The predicted octanol–water partition coefficient (Wildman–Crippen LogP) is 6.93. The van der Waals surface area contributed by atoms with Crippen molar-refractivity contribution in [3.05, 3.63) is 40.8 Å². The Labute approximate surface area is 256 Å². The van der Waals surface area contributed by atoms with Crippen molar-refractivity contribution in [2.75, 3.05) is 13.1 Å². The van der Waals surface area contributed by atoms with E-state index in [9.17, 15) is 18.6 Å². The van der Waals surface area contributed by atoms with Gasteiger partial charge in [-0.1, -0.05) is 43.2 Å². The fourth-order valence-corrected chi connectivity index (χ4v) is 15.0. The van der Waals surface area contributed by atoms with Gasteiger partial charge in [0.1, 0.15) is 4.21 Å². The molecule has 42 heavy (non-hydrogen) atoms. The molecule has 230 valence electrons. The molecule has 2 N–H and O–H groups in total. The SMILES string of the molecule is CC12CCC(O)CC1=CC=C1C2CCC2(C)C1CCC2(O)CN(CC12CC3CC(CC(C3)C1)C2)S(=O)(=O)c1cccs1. The average molecular weight is 612 g/mol. The molecule has 7 fully saturated rings. The fraction of sp³-hybridized carbons (Fsp3) is 0.771. The van der Waals surface area contributed by atoms with Crippen LogP contribution in [-0.4, -0.2) is 47.7 Å². The third-order valence-corrected chi connectivity index (χ3v) is 17.2. The largest absolute Gasteiger partial charge is 0.393 e. The zero-order valence-corrected chi connectivity index (χ0v) is 27.1. The first kappa shape index (κ1) is 28.5. The highest BCUT2D eigenvalue weighted by atomic mass is 32.2. The van der Waals surface area contributed by atoms with Crippen molar-refractivity contribution in [3.8, 4) is 0 Å².